The highest BCUT2D eigenvalue weighted by Crippen LogP contribution is 2.27. The number of pyridine rings is 1. The minimum Gasteiger partial charge on any atom is -0.494 e. The molecule has 1 aromatic heterocycles. The molecule has 0 spiro atoms. The number of nitrogens with one attached hydrogen (secondary N) is 1. The zero-order valence-corrected chi connectivity index (χ0v) is 16.9. The number of carbonyl (C=O) groups is 1. The van der Waals surface area contributed by atoms with E-state index in [1.807, 2.05) is 57.2 Å². The number of amides is 1. The predicted molar refractivity (Wildman–Crippen MR) is 113 cm³/mol. The van der Waals surface area contributed by atoms with Crippen LogP contribution in [0.15, 0.2) is 47.5 Å². The van der Waals surface area contributed by atoms with E-state index in [9.17, 15) is 10.1 Å². The highest BCUT2D eigenvalue weighted by Gasteiger charge is 2.11. The molecule has 0 aliphatic heterocycles. The number of ether oxygens (including phenoxy) is 1. The number of carbonyl (C=O) groups excluding carboxylic acids is 1. The maximum absolute atomic E-state index is 12.3. The lowest BCUT2D eigenvalue weighted by Crippen LogP contribution is -2.14. The number of nitriles is 1. The fraction of sp³-hybridized carbons (Fsp3) is 0.227. The molecule has 0 saturated heterocycles. The molecule has 0 saturated carbocycles. The first-order valence-electron chi connectivity index (χ1n) is 8.97. The van der Waals surface area contributed by atoms with Gasteiger partial charge in [-0.05, 0) is 62.2 Å². The van der Waals surface area contributed by atoms with E-state index in [2.05, 4.69) is 16.4 Å². The molecule has 3 aromatic rings. The Labute approximate surface area is 168 Å². The van der Waals surface area contributed by atoms with Crippen molar-refractivity contribution >= 4 is 34.3 Å². The van der Waals surface area contributed by atoms with Gasteiger partial charge in [0, 0.05) is 17.1 Å². The third-order valence-electron chi connectivity index (χ3n) is 4.32. The zero-order chi connectivity index (χ0) is 20.1. The summed E-state index contributed by atoms with van der Waals surface area (Å²) in [7, 11) is 0. The molecule has 1 heterocycles. The largest absolute Gasteiger partial charge is 0.494 e. The third-order valence-corrected chi connectivity index (χ3v) is 5.31. The molecule has 0 aliphatic carbocycles. The summed E-state index contributed by atoms with van der Waals surface area (Å²) >= 11 is 1.25. The number of aromatic nitrogens is 1. The van der Waals surface area contributed by atoms with Crippen LogP contribution in [-0.2, 0) is 4.79 Å². The van der Waals surface area contributed by atoms with Crippen LogP contribution < -0.4 is 10.1 Å². The Hall–Kier alpha value is -3.04. The van der Waals surface area contributed by atoms with Gasteiger partial charge < -0.3 is 10.1 Å². The maximum atomic E-state index is 12.3. The van der Waals surface area contributed by atoms with E-state index in [4.69, 9.17) is 4.74 Å². The molecule has 142 valence electrons. The molecule has 0 radical (unpaired) electrons. The first kappa shape index (κ1) is 19.7. The van der Waals surface area contributed by atoms with Crippen molar-refractivity contribution in [3.63, 3.8) is 0 Å². The first-order valence-corrected chi connectivity index (χ1v) is 9.96. The van der Waals surface area contributed by atoms with Crippen molar-refractivity contribution < 1.29 is 9.53 Å². The Bertz CT molecular complexity index is 1070. The molecule has 0 unspecified atom stereocenters. The van der Waals surface area contributed by atoms with Crippen LogP contribution in [0.3, 0.4) is 0 Å². The molecule has 6 heteroatoms. The third kappa shape index (κ3) is 4.62. The second-order valence-corrected chi connectivity index (χ2v) is 7.34. The summed E-state index contributed by atoms with van der Waals surface area (Å²) in [6.45, 7) is 6.53. The Kier molecular flexibility index (Phi) is 6.17. The number of nitrogens with zero attached hydrogens (tertiary/aromatic N) is 2. The van der Waals surface area contributed by atoms with Crippen molar-refractivity contribution in [1.29, 1.82) is 5.26 Å². The lowest BCUT2D eigenvalue weighted by Gasteiger charge is -2.09. The molecule has 28 heavy (non-hydrogen) atoms. The molecule has 0 fully saturated rings. The lowest BCUT2D eigenvalue weighted by atomic mass is 10.1. The summed E-state index contributed by atoms with van der Waals surface area (Å²) in [5.41, 5.74) is 4.26. The summed E-state index contributed by atoms with van der Waals surface area (Å²) in [5, 5.41) is 13.7. The van der Waals surface area contributed by atoms with E-state index in [0.29, 0.717) is 17.2 Å². The van der Waals surface area contributed by atoms with Gasteiger partial charge in [-0.25, -0.2) is 4.98 Å². The van der Waals surface area contributed by atoms with Crippen molar-refractivity contribution in [1.82, 2.24) is 4.98 Å². The smallest absolute Gasteiger partial charge is 0.234 e. The van der Waals surface area contributed by atoms with Crippen LogP contribution in [-0.4, -0.2) is 23.3 Å². The van der Waals surface area contributed by atoms with E-state index >= 15 is 0 Å². The van der Waals surface area contributed by atoms with Crippen LogP contribution in [0.4, 0.5) is 5.69 Å². The second kappa shape index (κ2) is 8.77. The number of benzene rings is 2. The van der Waals surface area contributed by atoms with Gasteiger partial charge in [0.15, 0.2) is 0 Å². The lowest BCUT2D eigenvalue weighted by molar-refractivity contribution is -0.113. The van der Waals surface area contributed by atoms with Crippen molar-refractivity contribution in [2.45, 2.75) is 25.8 Å². The number of thioether (sulfide) groups is 1. The fourth-order valence-electron chi connectivity index (χ4n) is 2.73. The summed E-state index contributed by atoms with van der Waals surface area (Å²) in [5.74, 6) is 0.767. The Morgan fingerprint density at radius 2 is 2.00 bits per heavy atom. The number of hydrogen-bond acceptors (Lipinski definition) is 5. The molecule has 1 N–H and O–H groups in total. The van der Waals surface area contributed by atoms with Crippen molar-refractivity contribution in [2.75, 3.05) is 17.7 Å². The quantitative estimate of drug-likeness (QED) is 0.608. The standard InChI is InChI=1S/C22H21N3O2S/c1-4-27-19-8-6-16-10-17(12-23)22(25-20(16)11-19)28-13-21(26)24-18-7-5-14(2)15(3)9-18/h5-11H,4,13H2,1-3H3,(H,24,26). The summed E-state index contributed by atoms with van der Waals surface area (Å²) in [6, 6.07) is 15.4. The van der Waals surface area contributed by atoms with E-state index in [-0.39, 0.29) is 11.7 Å². The van der Waals surface area contributed by atoms with Gasteiger partial charge in [-0.1, -0.05) is 17.8 Å². The molecular formula is C22H21N3O2S. The molecular weight excluding hydrogens is 370 g/mol. The molecule has 1 amide bonds. The van der Waals surface area contributed by atoms with Crippen molar-refractivity contribution in [3.05, 3.63) is 59.2 Å². The predicted octanol–water partition coefficient (Wildman–Crippen LogP) is 4.85. The van der Waals surface area contributed by atoms with Gasteiger partial charge in [-0.15, -0.1) is 0 Å². The zero-order valence-electron chi connectivity index (χ0n) is 16.1. The van der Waals surface area contributed by atoms with Gasteiger partial charge >= 0.3 is 0 Å². The topological polar surface area (TPSA) is 75.0 Å². The Morgan fingerprint density at radius 3 is 2.71 bits per heavy atom. The number of aryl methyl sites for hydroxylation is 2. The SMILES string of the molecule is CCOc1ccc2cc(C#N)c(SCC(=O)Nc3ccc(C)c(C)c3)nc2c1. The highest BCUT2D eigenvalue weighted by molar-refractivity contribution is 8.00. The van der Waals surface area contributed by atoms with Crippen molar-refractivity contribution in [3.8, 4) is 11.8 Å². The van der Waals surface area contributed by atoms with Gasteiger partial charge in [0.05, 0.1) is 23.4 Å². The number of anilines is 1. The van der Waals surface area contributed by atoms with Gasteiger partial charge in [0.1, 0.15) is 16.8 Å². The molecule has 5 nitrogen and oxygen atoms in total. The second-order valence-electron chi connectivity index (χ2n) is 6.38. The van der Waals surface area contributed by atoms with E-state index in [0.717, 1.165) is 27.9 Å². The van der Waals surface area contributed by atoms with Gasteiger partial charge in [-0.2, -0.15) is 5.26 Å². The van der Waals surface area contributed by atoms with Crippen LogP contribution in [0.5, 0.6) is 5.75 Å². The highest BCUT2D eigenvalue weighted by atomic mass is 32.2. The van der Waals surface area contributed by atoms with Crippen molar-refractivity contribution in [2.24, 2.45) is 0 Å². The monoisotopic (exact) mass is 391 g/mol. The van der Waals surface area contributed by atoms with Crippen LogP contribution in [0.2, 0.25) is 0 Å². The van der Waals surface area contributed by atoms with Crippen LogP contribution in [0.25, 0.3) is 10.9 Å². The molecule has 0 bridgehead atoms. The van der Waals surface area contributed by atoms with E-state index in [1.54, 1.807) is 6.07 Å². The normalized spacial score (nSPS) is 10.5. The molecule has 0 aliphatic rings. The van der Waals surface area contributed by atoms with Gasteiger partial charge in [0.25, 0.3) is 0 Å². The number of fused-ring (bicyclic) bond motifs is 1. The molecule has 2 aromatic carbocycles. The summed E-state index contributed by atoms with van der Waals surface area (Å²) in [6.07, 6.45) is 0. The maximum Gasteiger partial charge on any atom is 0.234 e. The summed E-state index contributed by atoms with van der Waals surface area (Å²) < 4.78 is 5.52. The van der Waals surface area contributed by atoms with Crippen LogP contribution in [0, 0.1) is 25.2 Å². The van der Waals surface area contributed by atoms with E-state index in [1.165, 1.54) is 17.3 Å². The molecule has 3 rings (SSSR count). The van der Waals surface area contributed by atoms with E-state index < -0.39 is 0 Å². The average Bonchev–Trinajstić information content (AvgIpc) is 2.68. The van der Waals surface area contributed by atoms with Gasteiger partial charge in [0.2, 0.25) is 5.91 Å². The Balaban J connectivity index is 1.75. The Morgan fingerprint density at radius 1 is 1.18 bits per heavy atom. The number of hydrogen-bond donors (Lipinski definition) is 1. The fourth-order valence-corrected chi connectivity index (χ4v) is 3.49. The minimum absolute atomic E-state index is 0.137. The average molecular weight is 391 g/mol. The first-order chi connectivity index (χ1) is 13.5. The van der Waals surface area contributed by atoms with Gasteiger partial charge in [-0.3, -0.25) is 4.79 Å². The molecule has 0 atom stereocenters. The van der Waals surface area contributed by atoms with Crippen LogP contribution in [0.1, 0.15) is 23.6 Å². The minimum atomic E-state index is -0.137. The number of rotatable bonds is 6. The summed E-state index contributed by atoms with van der Waals surface area (Å²) in [4.78, 5) is 16.9. The van der Waals surface area contributed by atoms with Crippen LogP contribution >= 0.6 is 11.8 Å².